The molecule has 0 saturated carbocycles. The highest BCUT2D eigenvalue weighted by molar-refractivity contribution is 6.61. The first-order chi connectivity index (χ1) is 10.6. The van der Waals surface area contributed by atoms with Crippen molar-refractivity contribution in [2.24, 2.45) is 5.41 Å². The Morgan fingerprint density at radius 2 is 1.82 bits per heavy atom. The maximum Gasteiger partial charge on any atom is 0.517 e. The lowest BCUT2D eigenvalue weighted by atomic mass is 9.79. The molecular formula is C17H20BNO3. The first-order valence-electron chi connectivity index (χ1n) is 7.49. The molecule has 0 atom stereocenters. The van der Waals surface area contributed by atoms with Crippen molar-refractivity contribution in [1.82, 2.24) is 4.98 Å². The Morgan fingerprint density at radius 1 is 1.09 bits per heavy atom. The van der Waals surface area contributed by atoms with Gasteiger partial charge in [-0.25, -0.2) is 0 Å². The number of hydrogen-bond donors (Lipinski definition) is 0. The molecule has 0 aliphatic carbocycles. The van der Waals surface area contributed by atoms with E-state index in [0.717, 1.165) is 5.56 Å². The zero-order valence-corrected chi connectivity index (χ0v) is 13.0. The van der Waals surface area contributed by atoms with Crippen LogP contribution in [0, 0.1) is 5.41 Å². The Balaban J connectivity index is 1.70. The largest absolute Gasteiger partial charge is 0.517 e. The molecule has 22 heavy (non-hydrogen) atoms. The van der Waals surface area contributed by atoms with Gasteiger partial charge >= 0.3 is 7.12 Å². The molecule has 2 aromatic rings. The van der Waals surface area contributed by atoms with E-state index in [9.17, 15) is 0 Å². The number of aromatic nitrogens is 1. The van der Waals surface area contributed by atoms with Gasteiger partial charge in [-0.1, -0.05) is 44.2 Å². The summed E-state index contributed by atoms with van der Waals surface area (Å²) in [5.41, 5.74) is 1.86. The van der Waals surface area contributed by atoms with E-state index in [0.29, 0.717) is 31.2 Å². The maximum atomic E-state index is 5.91. The molecule has 1 saturated heterocycles. The van der Waals surface area contributed by atoms with Crippen molar-refractivity contribution in [3.8, 4) is 5.75 Å². The van der Waals surface area contributed by atoms with E-state index in [1.807, 2.05) is 42.5 Å². The topological polar surface area (TPSA) is 40.6 Å². The molecule has 0 N–H and O–H groups in total. The van der Waals surface area contributed by atoms with Crippen molar-refractivity contribution in [1.29, 1.82) is 0 Å². The molecule has 0 spiro atoms. The van der Waals surface area contributed by atoms with E-state index in [1.54, 1.807) is 6.20 Å². The van der Waals surface area contributed by atoms with Crippen LogP contribution in [0.1, 0.15) is 19.4 Å². The molecule has 0 amide bonds. The Morgan fingerprint density at radius 3 is 2.55 bits per heavy atom. The SMILES string of the molecule is CC1(C)COB(c2ncccc2OCc2ccccc2)OC1. The van der Waals surface area contributed by atoms with Crippen molar-refractivity contribution >= 4 is 12.7 Å². The van der Waals surface area contributed by atoms with Gasteiger partial charge in [-0.15, -0.1) is 0 Å². The van der Waals surface area contributed by atoms with E-state index in [2.05, 4.69) is 18.8 Å². The van der Waals surface area contributed by atoms with Crippen LogP contribution in [0.4, 0.5) is 0 Å². The highest BCUT2D eigenvalue weighted by Crippen LogP contribution is 2.22. The minimum absolute atomic E-state index is 0.0380. The van der Waals surface area contributed by atoms with Crippen molar-refractivity contribution in [2.45, 2.75) is 20.5 Å². The summed E-state index contributed by atoms with van der Waals surface area (Å²) in [6.07, 6.45) is 1.73. The summed E-state index contributed by atoms with van der Waals surface area (Å²) in [6, 6.07) is 13.8. The molecule has 1 aliphatic rings. The van der Waals surface area contributed by atoms with Crippen LogP contribution in [0.3, 0.4) is 0 Å². The van der Waals surface area contributed by atoms with Crippen LogP contribution >= 0.6 is 0 Å². The Hall–Kier alpha value is -1.85. The molecule has 1 fully saturated rings. The smallest absolute Gasteiger partial charge is 0.488 e. The molecule has 4 nitrogen and oxygen atoms in total. The molecule has 0 radical (unpaired) electrons. The average molecular weight is 297 g/mol. The van der Waals surface area contributed by atoms with E-state index in [-0.39, 0.29) is 5.41 Å². The van der Waals surface area contributed by atoms with Gasteiger partial charge in [0.15, 0.2) is 0 Å². The standard InChI is InChI=1S/C17H20BNO3/c1-17(2)12-21-18(22-13-17)16-15(9-6-10-19-16)20-11-14-7-4-3-5-8-14/h3-10H,11-13H2,1-2H3. The maximum absolute atomic E-state index is 5.91. The third kappa shape index (κ3) is 3.67. The fourth-order valence-electron chi connectivity index (χ4n) is 2.29. The lowest BCUT2D eigenvalue weighted by Gasteiger charge is -2.33. The van der Waals surface area contributed by atoms with Gasteiger partial charge in [0.2, 0.25) is 0 Å². The van der Waals surface area contributed by atoms with Crippen molar-refractivity contribution < 1.29 is 14.0 Å². The van der Waals surface area contributed by atoms with Gasteiger partial charge in [-0.2, -0.15) is 0 Å². The van der Waals surface area contributed by atoms with Crippen LogP contribution in [0.5, 0.6) is 5.75 Å². The first-order valence-corrected chi connectivity index (χ1v) is 7.49. The highest BCUT2D eigenvalue weighted by Gasteiger charge is 2.36. The second-order valence-corrected chi connectivity index (χ2v) is 6.28. The van der Waals surface area contributed by atoms with Crippen LogP contribution in [0.2, 0.25) is 0 Å². The number of pyridine rings is 1. The second kappa shape index (κ2) is 6.50. The third-order valence-electron chi connectivity index (χ3n) is 3.51. The summed E-state index contributed by atoms with van der Waals surface area (Å²) >= 11 is 0. The van der Waals surface area contributed by atoms with Crippen LogP contribution in [0.15, 0.2) is 48.7 Å². The molecule has 5 heteroatoms. The van der Waals surface area contributed by atoms with Crippen molar-refractivity contribution in [3.05, 3.63) is 54.2 Å². The average Bonchev–Trinajstić information content (AvgIpc) is 2.54. The third-order valence-corrected chi connectivity index (χ3v) is 3.51. The number of nitrogens with zero attached hydrogens (tertiary/aromatic N) is 1. The van der Waals surface area contributed by atoms with E-state index >= 15 is 0 Å². The molecule has 2 heterocycles. The number of ether oxygens (including phenoxy) is 1. The summed E-state index contributed by atoms with van der Waals surface area (Å²) < 4.78 is 17.5. The minimum atomic E-state index is -0.458. The summed E-state index contributed by atoms with van der Waals surface area (Å²) in [5.74, 6) is 0.705. The van der Waals surface area contributed by atoms with Crippen LogP contribution < -0.4 is 10.3 Å². The van der Waals surface area contributed by atoms with Crippen molar-refractivity contribution in [2.75, 3.05) is 13.2 Å². The van der Waals surface area contributed by atoms with Gasteiger partial charge in [0.1, 0.15) is 17.9 Å². The molecular weight excluding hydrogens is 277 g/mol. The van der Waals surface area contributed by atoms with Crippen LogP contribution in [-0.2, 0) is 15.9 Å². The normalized spacial score (nSPS) is 17.3. The molecule has 1 aromatic heterocycles. The van der Waals surface area contributed by atoms with Gasteiger partial charge < -0.3 is 14.0 Å². The number of benzene rings is 1. The highest BCUT2D eigenvalue weighted by atomic mass is 16.6. The summed E-state index contributed by atoms with van der Waals surface area (Å²) in [6.45, 7) is 6.03. The minimum Gasteiger partial charge on any atom is -0.488 e. The monoisotopic (exact) mass is 297 g/mol. The molecule has 114 valence electrons. The Labute approximate surface area is 131 Å². The number of hydrogen-bond acceptors (Lipinski definition) is 4. The molecule has 3 rings (SSSR count). The summed E-state index contributed by atoms with van der Waals surface area (Å²) in [7, 11) is -0.458. The summed E-state index contributed by atoms with van der Waals surface area (Å²) in [4.78, 5) is 4.39. The van der Waals surface area contributed by atoms with E-state index in [4.69, 9.17) is 14.0 Å². The van der Waals surface area contributed by atoms with Gasteiger partial charge in [-0.05, 0) is 17.7 Å². The fourth-order valence-corrected chi connectivity index (χ4v) is 2.29. The van der Waals surface area contributed by atoms with Gasteiger partial charge in [-0.3, -0.25) is 4.98 Å². The lowest BCUT2D eigenvalue weighted by Crippen LogP contribution is -2.48. The second-order valence-electron chi connectivity index (χ2n) is 6.28. The Kier molecular flexibility index (Phi) is 4.45. The number of rotatable bonds is 4. The van der Waals surface area contributed by atoms with Crippen LogP contribution in [-0.4, -0.2) is 25.3 Å². The molecule has 0 unspecified atom stereocenters. The zero-order chi connectivity index (χ0) is 15.4. The van der Waals surface area contributed by atoms with Crippen LogP contribution in [0.25, 0.3) is 0 Å². The summed E-state index contributed by atoms with van der Waals surface area (Å²) in [5, 5.41) is 0. The van der Waals surface area contributed by atoms with Crippen molar-refractivity contribution in [3.63, 3.8) is 0 Å². The quantitative estimate of drug-likeness (QED) is 0.813. The van der Waals surface area contributed by atoms with Gasteiger partial charge in [0.25, 0.3) is 0 Å². The lowest BCUT2D eigenvalue weighted by molar-refractivity contribution is 0.0337. The van der Waals surface area contributed by atoms with E-state index in [1.165, 1.54) is 0 Å². The Bertz CT molecular complexity index is 608. The van der Waals surface area contributed by atoms with E-state index < -0.39 is 7.12 Å². The van der Waals surface area contributed by atoms with Gasteiger partial charge in [0.05, 0.1) is 0 Å². The fraction of sp³-hybridized carbons (Fsp3) is 0.353. The zero-order valence-electron chi connectivity index (χ0n) is 13.0. The predicted molar refractivity (Wildman–Crippen MR) is 86.1 cm³/mol. The molecule has 1 aromatic carbocycles. The predicted octanol–water partition coefficient (Wildman–Crippen LogP) is 2.43. The molecule has 1 aliphatic heterocycles. The molecule has 0 bridgehead atoms. The van der Waals surface area contributed by atoms with Gasteiger partial charge in [0, 0.05) is 24.8 Å². The first kappa shape index (κ1) is 15.1.